The molecule has 1 rings (SSSR count). The van der Waals surface area contributed by atoms with Crippen molar-refractivity contribution >= 4 is 0 Å². The number of benzene rings is 1. The fraction of sp³-hybridized carbons (Fsp3) is 0.500. The average molecular weight is 194 g/mol. The molecule has 1 atom stereocenters. The van der Waals surface area contributed by atoms with E-state index in [2.05, 4.69) is 0 Å². The molecule has 1 aromatic rings. The van der Waals surface area contributed by atoms with E-state index in [-0.39, 0.29) is 12.5 Å². The van der Waals surface area contributed by atoms with E-state index < -0.39 is 5.60 Å². The molecule has 14 heavy (non-hydrogen) atoms. The predicted molar refractivity (Wildman–Crippen MR) is 57.2 cm³/mol. The zero-order valence-electron chi connectivity index (χ0n) is 8.77. The predicted octanol–water partition coefficient (Wildman–Crippen LogP) is 1.92. The molecule has 1 unspecified atom stereocenters. The first-order valence-corrected chi connectivity index (χ1v) is 4.91. The third-order valence-electron chi connectivity index (χ3n) is 2.24. The lowest BCUT2D eigenvalue weighted by molar-refractivity contribution is 0.0545. The third-order valence-corrected chi connectivity index (χ3v) is 2.24. The maximum Gasteiger partial charge on any atom is 0.0598 e. The van der Waals surface area contributed by atoms with Gasteiger partial charge in [0.1, 0.15) is 0 Å². The summed E-state index contributed by atoms with van der Waals surface area (Å²) in [4.78, 5) is 0. The minimum absolute atomic E-state index is 0.0243. The van der Waals surface area contributed by atoms with E-state index >= 15 is 0 Å². The van der Waals surface area contributed by atoms with Gasteiger partial charge < -0.3 is 10.2 Å². The van der Waals surface area contributed by atoms with E-state index in [1.54, 1.807) is 13.8 Å². The van der Waals surface area contributed by atoms with Crippen LogP contribution in [0.1, 0.15) is 31.7 Å². The second-order valence-electron chi connectivity index (χ2n) is 4.31. The van der Waals surface area contributed by atoms with Crippen molar-refractivity contribution in [3.63, 3.8) is 0 Å². The maximum atomic E-state index is 9.67. The summed E-state index contributed by atoms with van der Waals surface area (Å²) >= 11 is 0. The summed E-state index contributed by atoms with van der Waals surface area (Å²) < 4.78 is 0. The molecule has 0 saturated heterocycles. The molecule has 1 aromatic carbocycles. The first-order valence-electron chi connectivity index (χ1n) is 4.91. The van der Waals surface area contributed by atoms with Gasteiger partial charge in [-0.3, -0.25) is 0 Å². The van der Waals surface area contributed by atoms with Gasteiger partial charge >= 0.3 is 0 Å². The zero-order valence-corrected chi connectivity index (χ0v) is 8.77. The van der Waals surface area contributed by atoms with E-state index in [9.17, 15) is 10.2 Å². The molecule has 2 N–H and O–H groups in total. The molecular formula is C12H18O2. The number of hydrogen-bond acceptors (Lipinski definition) is 2. The fourth-order valence-corrected chi connectivity index (χ4v) is 1.62. The summed E-state index contributed by atoms with van der Waals surface area (Å²) in [6.45, 7) is 3.60. The van der Waals surface area contributed by atoms with Crippen LogP contribution >= 0.6 is 0 Å². The SMILES string of the molecule is CC(C)(O)CC(CO)c1ccccc1. The van der Waals surface area contributed by atoms with Crippen molar-refractivity contribution in [1.82, 2.24) is 0 Å². The van der Waals surface area contributed by atoms with E-state index in [0.29, 0.717) is 6.42 Å². The van der Waals surface area contributed by atoms with Gasteiger partial charge in [0, 0.05) is 5.92 Å². The Morgan fingerprint density at radius 1 is 1.21 bits per heavy atom. The van der Waals surface area contributed by atoms with E-state index in [4.69, 9.17) is 0 Å². The molecule has 0 bridgehead atoms. The largest absolute Gasteiger partial charge is 0.396 e. The summed E-state index contributed by atoms with van der Waals surface area (Å²) in [5, 5.41) is 18.9. The Labute approximate surface area is 85.2 Å². The Morgan fingerprint density at radius 3 is 2.21 bits per heavy atom. The van der Waals surface area contributed by atoms with Gasteiger partial charge in [-0.1, -0.05) is 30.3 Å². The Morgan fingerprint density at radius 2 is 1.79 bits per heavy atom. The van der Waals surface area contributed by atoms with Crippen LogP contribution in [0.25, 0.3) is 0 Å². The second kappa shape index (κ2) is 4.58. The number of aliphatic hydroxyl groups is 2. The van der Waals surface area contributed by atoms with Crippen LogP contribution < -0.4 is 0 Å². The lowest BCUT2D eigenvalue weighted by Crippen LogP contribution is -2.23. The summed E-state index contributed by atoms with van der Waals surface area (Å²) in [5.41, 5.74) is 0.348. The lowest BCUT2D eigenvalue weighted by atomic mass is 9.88. The summed E-state index contributed by atoms with van der Waals surface area (Å²) in [6, 6.07) is 9.80. The van der Waals surface area contributed by atoms with Crippen LogP contribution in [-0.4, -0.2) is 22.4 Å². The molecule has 0 aromatic heterocycles. The van der Waals surface area contributed by atoms with Gasteiger partial charge in [-0.2, -0.15) is 0 Å². The summed E-state index contributed by atoms with van der Waals surface area (Å²) in [5.74, 6) is 0.0243. The minimum Gasteiger partial charge on any atom is -0.396 e. The van der Waals surface area contributed by atoms with Crippen molar-refractivity contribution in [1.29, 1.82) is 0 Å². The standard InChI is InChI=1S/C12H18O2/c1-12(2,14)8-11(9-13)10-6-4-3-5-7-10/h3-7,11,13-14H,8-9H2,1-2H3. The minimum atomic E-state index is -0.733. The van der Waals surface area contributed by atoms with Crippen LogP contribution in [-0.2, 0) is 0 Å². The smallest absolute Gasteiger partial charge is 0.0598 e. The van der Waals surface area contributed by atoms with Crippen LogP contribution in [0.2, 0.25) is 0 Å². The maximum absolute atomic E-state index is 9.67. The van der Waals surface area contributed by atoms with Crippen LogP contribution in [0.3, 0.4) is 0 Å². The molecule has 0 radical (unpaired) electrons. The Hall–Kier alpha value is -0.860. The van der Waals surface area contributed by atoms with Gasteiger partial charge in [-0.05, 0) is 25.8 Å². The molecule has 0 aliphatic heterocycles. The average Bonchev–Trinajstić information content (AvgIpc) is 2.14. The molecule has 0 amide bonds. The van der Waals surface area contributed by atoms with Crippen molar-refractivity contribution in [2.45, 2.75) is 31.8 Å². The van der Waals surface area contributed by atoms with Gasteiger partial charge in [-0.15, -0.1) is 0 Å². The van der Waals surface area contributed by atoms with E-state index in [1.807, 2.05) is 30.3 Å². The Kier molecular flexibility index (Phi) is 3.67. The molecule has 0 saturated carbocycles. The van der Waals surface area contributed by atoms with Crippen molar-refractivity contribution in [2.24, 2.45) is 0 Å². The van der Waals surface area contributed by atoms with Gasteiger partial charge in [0.25, 0.3) is 0 Å². The lowest BCUT2D eigenvalue weighted by Gasteiger charge is -2.23. The first-order chi connectivity index (χ1) is 6.53. The molecule has 0 aliphatic rings. The molecular weight excluding hydrogens is 176 g/mol. The van der Waals surface area contributed by atoms with Gasteiger partial charge in [-0.25, -0.2) is 0 Å². The summed E-state index contributed by atoms with van der Waals surface area (Å²) in [7, 11) is 0. The summed E-state index contributed by atoms with van der Waals surface area (Å²) in [6.07, 6.45) is 0.577. The van der Waals surface area contributed by atoms with Gasteiger partial charge in [0.05, 0.1) is 12.2 Å². The normalized spacial score (nSPS) is 14.0. The van der Waals surface area contributed by atoms with Crippen molar-refractivity contribution in [2.75, 3.05) is 6.61 Å². The Bertz CT molecular complexity index is 261. The zero-order chi connectivity index (χ0) is 10.6. The third kappa shape index (κ3) is 3.48. The monoisotopic (exact) mass is 194 g/mol. The van der Waals surface area contributed by atoms with Crippen LogP contribution in [0, 0.1) is 0 Å². The molecule has 0 fully saturated rings. The number of rotatable bonds is 4. The van der Waals surface area contributed by atoms with Gasteiger partial charge in [0.15, 0.2) is 0 Å². The van der Waals surface area contributed by atoms with Crippen molar-refractivity contribution in [3.05, 3.63) is 35.9 Å². The molecule has 2 heteroatoms. The van der Waals surface area contributed by atoms with Gasteiger partial charge in [0.2, 0.25) is 0 Å². The quantitative estimate of drug-likeness (QED) is 0.768. The fourth-order valence-electron chi connectivity index (χ4n) is 1.62. The number of aliphatic hydroxyl groups excluding tert-OH is 1. The highest BCUT2D eigenvalue weighted by molar-refractivity contribution is 5.19. The van der Waals surface area contributed by atoms with Crippen LogP contribution in [0.5, 0.6) is 0 Å². The van der Waals surface area contributed by atoms with E-state index in [0.717, 1.165) is 5.56 Å². The Balaban J connectivity index is 2.73. The first kappa shape index (κ1) is 11.2. The van der Waals surface area contributed by atoms with Crippen molar-refractivity contribution in [3.8, 4) is 0 Å². The highest BCUT2D eigenvalue weighted by Gasteiger charge is 2.20. The highest BCUT2D eigenvalue weighted by Crippen LogP contribution is 2.25. The van der Waals surface area contributed by atoms with Crippen LogP contribution in [0.15, 0.2) is 30.3 Å². The van der Waals surface area contributed by atoms with E-state index in [1.165, 1.54) is 0 Å². The number of hydrogen-bond donors (Lipinski definition) is 2. The van der Waals surface area contributed by atoms with Crippen molar-refractivity contribution < 1.29 is 10.2 Å². The van der Waals surface area contributed by atoms with Crippen LogP contribution in [0.4, 0.5) is 0 Å². The molecule has 2 nitrogen and oxygen atoms in total. The molecule has 0 heterocycles. The molecule has 0 spiro atoms. The molecule has 0 aliphatic carbocycles. The second-order valence-corrected chi connectivity index (χ2v) is 4.31. The topological polar surface area (TPSA) is 40.5 Å². The highest BCUT2D eigenvalue weighted by atomic mass is 16.3. The molecule has 78 valence electrons.